The number of carbonyl (C=O) groups excluding carboxylic acids is 2. The van der Waals surface area contributed by atoms with Gasteiger partial charge >= 0.3 is 5.97 Å². The minimum Gasteiger partial charge on any atom is -0.479 e. The maximum absolute atomic E-state index is 11.6. The molecule has 0 aliphatic rings. The lowest BCUT2D eigenvalue weighted by Gasteiger charge is -2.18. The van der Waals surface area contributed by atoms with Crippen LogP contribution in [0.2, 0.25) is 0 Å². The smallest absolute Gasteiger partial charge is 0.344 e. The zero-order chi connectivity index (χ0) is 23.8. The van der Waals surface area contributed by atoms with Gasteiger partial charge in [0.1, 0.15) is 5.75 Å². The number of primary amides is 1. The summed E-state index contributed by atoms with van der Waals surface area (Å²) in [6.07, 6.45) is -0.304. The Morgan fingerprint density at radius 1 is 1.09 bits per heavy atom. The van der Waals surface area contributed by atoms with Crippen molar-refractivity contribution < 1.29 is 24.2 Å². The van der Waals surface area contributed by atoms with Gasteiger partial charge in [-0.3, -0.25) is 9.59 Å². The lowest BCUT2D eigenvalue weighted by atomic mass is 10.1. The van der Waals surface area contributed by atoms with E-state index >= 15 is 0 Å². The van der Waals surface area contributed by atoms with Gasteiger partial charge < -0.3 is 20.1 Å². The number of carboxylic acids is 1. The largest absolute Gasteiger partial charge is 0.479 e. The number of aromatic nitrogens is 1. The average Bonchev–Trinajstić information content (AvgIpc) is 2.99. The van der Waals surface area contributed by atoms with E-state index < -0.39 is 18.0 Å². The van der Waals surface area contributed by atoms with E-state index in [1.807, 2.05) is 44.2 Å². The number of benzene rings is 2. The number of nitrogens with two attached hydrogens (primary N) is 1. The fraction of sp³-hybridized carbons (Fsp3) is 0.320. The van der Waals surface area contributed by atoms with E-state index in [1.54, 1.807) is 0 Å². The monoisotopic (exact) mass is 438 g/mol. The molecule has 7 heteroatoms. The molecule has 0 saturated heterocycles. The highest BCUT2D eigenvalue weighted by atomic mass is 16.5. The maximum atomic E-state index is 11.6. The third-order valence-electron chi connectivity index (χ3n) is 5.15. The number of ether oxygens (including phenoxy) is 1. The SMILES string of the molecule is Cc1c(C)n(Cc2ccccc2)c2cccc(OC(CC(C)C)C(=O)O)c12.NC(=O)C=O. The molecule has 1 aromatic heterocycles. The average molecular weight is 439 g/mol. The second-order valence-electron chi connectivity index (χ2n) is 8.03. The summed E-state index contributed by atoms with van der Waals surface area (Å²) in [5, 5.41) is 10.6. The predicted molar refractivity (Wildman–Crippen MR) is 124 cm³/mol. The summed E-state index contributed by atoms with van der Waals surface area (Å²) in [5.74, 6) is -0.951. The lowest BCUT2D eigenvalue weighted by Crippen LogP contribution is -2.28. The zero-order valence-corrected chi connectivity index (χ0v) is 18.9. The second kappa shape index (κ2) is 11.1. The van der Waals surface area contributed by atoms with Crippen molar-refractivity contribution >= 4 is 29.1 Å². The van der Waals surface area contributed by atoms with Gasteiger partial charge in [-0.25, -0.2) is 4.79 Å². The summed E-state index contributed by atoms with van der Waals surface area (Å²) < 4.78 is 8.26. The van der Waals surface area contributed by atoms with Crippen LogP contribution in [0.3, 0.4) is 0 Å². The van der Waals surface area contributed by atoms with Crippen LogP contribution in [0.4, 0.5) is 0 Å². The Balaban J connectivity index is 0.000000654. The first kappa shape index (κ1) is 24.7. The first-order chi connectivity index (χ1) is 15.1. The van der Waals surface area contributed by atoms with Crippen molar-refractivity contribution in [3.8, 4) is 5.75 Å². The van der Waals surface area contributed by atoms with E-state index in [9.17, 15) is 14.7 Å². The molecule has 0 radical (unpaired) electrons. The van der Waals surface area contributed by atoms with Crippen molar-refractivity contribution in [2.75, 3.05) is 0 Å². The Hall–Kier alpha value is -3.61. The number of rotatable bonds is 8. The fourth-order valence-electron chi connectivity index (χ4n) is 3.53. The number of aliphatic carboxylic acids is 1. The lowest BCUT2D eigenvalue weighted by molar-refractivity contribution is -0.145. The molecule has 1 unspecified atom stereocenters. The van der Waals surface area contributed by atoms with Crippen molar-refractivity contribution in [2.24, 2.45) is 11.7 Å². The van der Waals surface area contributed by atoms with Gasteiger partial charge in [0.25, 0.3) is 5.91 Å². The van der Waals surface area contributed by atoms with Gasteiger partial charge in [-0.15, -0.1) is 0 Å². The maximum Gasteiger partial charge on any atom is 0.344 e. The molecule has 1 heterocycles. The Labute approximate surface area is 187 Å². The number of carboxylic acid groups (broad SMARTS) is 1. The molecule has 2 aromatic carbocycles. The Morgan fingerprint density at radius 2 is 1.72 bits per heavy atom. The summed E-state index contributed by atoms with van der Waals surface area (Å²) in [7, 11) is 0. The first-order valence-electron chi connectivity index (χ1n) is 10.4. The zero-order valence-electron chi connectivity index (χ0n) is 18.9. The number of aldehydes is 1. The van der Waals surface area contributed by atoms with Crippen LogP contribution in [-0.2, 0) is 20.9 Å². The molecule has 0 spiro atoms. The van der Waals surface area contributed by atoms with E-state index in [2.05, 4.69) is 42.3 Å². The normalized spacial score (nSPS) is 11.5. The molecule has 1 amide bonds. The van der Waals surface area contributed by atoms with E-state index in [1.165, 1.54) is 11.3 Å². The fourth-order valence-corrected chi connectivity index (χ4v) is 3.53. The summed E-state index contributed by atoms with van der Waals surface area (Å²) >= 11 is 0. The van der Waals surface area contributed by atoms with Crippen LogP contribution in [0.25, 0.3) is 10.9 Å². The standard InChI is InChI=1S/C23H27NO3.C2H3NO2/c1-15(2)13-21(23(25)26)27-20-12-8-11-19-22(20)16(3)17(4)24(19)14-18-9-6-5-7-10-18;3-2(5)1-4/h5-12,15,21H,13-14H2,1-4H3,(H,25,26);1H,(H2,3,5). The van der Waals surface area contributed by atoms with Gasteiger partial charge in [-0.1, -0.05) is 50.2 Å². The molecule has 3 aromatic rings. The highest BCUT2D eigenvalue weighted by Crippen LogP contribution is 2.34. The summed E-state index contributed by atoms with van der Waals surface area (Å²) in [5.41, 5.74) is 8.88. The summed E-state index contributed by atoms with van der Waals surface area (Å²) in [6, 6.07) is 16.2. The number of hydrogen-bond acceptors (Lipinski definition) is 4. The molecular weight excluding hydrogens is 408 g/mol. The van der Waals surface area contributed by atoms with E-state index in [-0.39, 0.29) is 12.2 Å². The highest BCUT2D eigenvalue weighted by Gasteiger charge is 2.23. The van der Waals surface area contributed by atoms with Crippen LogP contribution in [-0.4, -0.2) is 33.9 Å². The molecule has 1 atom stereocenters. The third kappa shape index (κ3) is 6.20. The van der Waals surface area contributed by atoms with Crippen LogP contribution in [0.1, 0.15) is 37.1 Å². The predicted octanol–water partition coefficient (Wildman–Crippen LogP) is 3.86. The van der Waals surface area contributed by atoms with Gasteiger partial charge in [0.2, 0.25) is 6.29 Å². The molecule has 0 bridgehead atoms. The van der Waals surface area contributed by atoms with Gasteiger partial charge in [-0.05, 0) is 49.4 Å². The van der Waals surface area contributed by atoms with Gasteiger partial charge in [0, 0.05) is 17.6 Å². The Bertz CT molecular complexity index is 1090. The highest BCUT2D eigenvalue weighted by molar-refractivity contribution is 6.22. The third-order valence-corrected chi connectivity index (χ3v) is 5.15. The number of nitrogens with zero attached hydrogens (tertiary/aromatic N) is 1. The second-order valence-corrected chi connectivity index (χ2v) is 8.03. The van der Waals surface area contributed by atoms with Crippen LogP contribution in [0, 0.1) is 19.8 Å². The molecule has 0 aliphatic carbocycles. The van der Waals surface area contributed by atoms with Gasteiger partial charge in [-0.2, -0.15) is 0 Å². The van der Waals surface area contributed by atoms with E-state index in [0.29, 0.717) is 12.2 Å². The van der Waals surface area contributed by atoms with Crippen LogP contribution < -0.4 is 10.5 Å². The minimum absolute atomic E-state index is 0.0556. The quantitative estimate of drug-likeness (QED) is 0.410. The molecule has 170 valence electrons. The molecular formula is C25H30N2O5. The van der Waals surface area contributed by atoms with E-state index in [4.69, 9.17) is 9.53 Å². The van der Waals surface area contributed by atoms with Gasteiger partial charge in [0.05, 0.1) is 5.52 Å². The summed E-state index contributed by atoms with van der Waals surface area (Å²) in [4.78, 5) is 29.9. The first-order valence-corrected chi connectivity index (χ1v) is 10.4. The molecule has 7 nitrogen and oxygen atoms in total. The number of aryl methyl sites for hydroxylation is 1. The molecule has 0 saturated carbocycles. The van der Waals surface area contributed by atoms with Crippen molar-refractivity contribution in [1.29, 1.82) is 0 Å². The molecule has 3 rings (SSSR count). The number of carbonyl (C=O) groups is 3. The van der Waals surface area contributed by atoms with Crippen LogP contribution in [0.15, 0.2) is 48.5 Å². The molecule has 3 N–H and O–H groups in total. The number of amides is 1. The topological polar surface area (TPSA) is 112 Å². The Morgan fingerprint density at radius 3 is 2.25 bits per heavy atom. The molecule has 0 fully saturated rings. The van der Waals surface area contributed by atoms with Crippen LogP contribution >= 0.6 is 0 Å². The number of hydrogen-bond donors (Lipinski definition) is 2. The molecule has 0 aliphatic heterocycles. The van der Waals surface area contributed by atoms with Crippen molar-refractivity contribution in [1.82, 2.24) is 4.57 Å². The number of fused-ring (bicyclic) bond motifs is 1. The minimum atomic E-state index is -0.926. The van der Waals surface area contributed by atoms with Crippen LogP contribution in [0.5, 0.6) is 5.75 Å². The van der Waals surface area contributed by atoms with Crippen molar-refractivity contribution in [3.05, 3.63) is 65.4 Å². The van der Waals surface area contributed by atoms with E-state index in [0.717, 1.165) is 23.0 Å². The Kier molecular flexibility index (Phi) is 8.58. The van der Waals surface area contributed by atoms with Crippen molar-refractivity contribution in [2.45, 2.75) is 46.8 Å². The molecule has 32 heavy (non-hydrogen) atoms. The van der Waals surface area contributed by atoms with Gasteiger partial charge in [0.15, 0.2) is 6.10 Å². The summed E-state index contributed by atoms with van der Waals surface area (Å²) in [6.45, 7) is 8.96. The van der Waals surface area contributed by atoms with Crippen molar-refractivity contribution in [3.63, 3.8) is 0 Å².